The van der Waals surface area contributed by atoms with Crippen LogP contribution in [-0.4, -0.2) is 41.6 Å². The van der Waals surface area contributed by atoms with Crippen molar-refractivity contribution in [3.63, 3.8) is 0 Å². The second kappa shape index (κ2) is 11.4. The Morgan fingerprint density at radius 2 is 1.75 bits per heavy atom. The number of amides is 1. The van der Waals surface area contributed by atoms with Gasteiger partial charge in [0.05, 0.1) is 12.1 Å². The van der Waals surface area contributed by atoms with Crippen molar-refractivity contribution < 1.29 is 4.79 Å². The Morgan fingerprint density at radius 1 is 0.969 bits per heavy atom. The summed E-state index contributed by atoms with van der Waals surface area (Å²) >= 11 is 0. The fourth-order valence-electron chi connectivity index (χ4n) is 4.07. The van der Waals surface area contributed by atoms with Gasteiger partial charge in [-0.2, -0.15) is 0 Å². The quantitative estimate of drug-likeness (QED) is 0.547. The van der Waals surface area contributed by atoms with Crippen LogP contribution in [0.4, 0.5) is 5.69 Å². The molecular formula is C26H31N5O. The molecule has 0 atom stereocenters. The average molecular weight is 430 g/mol. The molecule has 0 unspecified atom stereocenters. The molecule has 4 rings (SSSR count). The summed E-state index contributed by atoms with van der Waals surface area (Å²) in [5, 5.41) is 6.65. The van der Waals surface area contributed by atoms with Crippen LogP contribution in [0.5, 0.6) is 0 Å². The van der Waals surface area contributed by atoms with Gasteiger partial charge in [0.1, 0.15) is 0 Å². The van der Waals surface area contributed by atoms with Gasteiger partial charge >= 0.3 is 0 Å². The zero-order chi connectivity index (χ0) is 22.0. The second-order valence-corrected chi connectivity index (χ2v) is 8.27. The number of rotatable bonds is 9. The van der Waals surface area contributed by atoms with Crippen LogP contribution in [0, 0.1) is 0 Å². The molecule has 0 radical (unpaired) electrons. The Hall–Kier alpha value is -3.25. The molecule has 0 bridgehead atoms. The van der Waals surface area contributed by atoms with Crippen LogP contribution in [0.15, 0.2) is 73.2 Å². The molecule has 6 heteroatoms. The second-order valence-electron chi connectivity index (χ2n) is 8.27. The van der Waals surface area contributed by atoms with E-state index in [0.717, 1.165) is 55.7 Å². The van der Waals surface area contributed by atoms with Gasteiger partial charge in [-0.25, -0.2) is 0 Å². The molecule has 0 spiro atoms. The first-order valence-corrected chi connectivity index (χ1v) is 11.4. The first-order valence-electron chi connectivity index (χ1n) is 11.4. The van der Waals surface area contributed by atoms with Crippen molar-refractivity contribution in [1.29, 1.82) is 0 Å². The molecule has 1 saturated heterocycles. The molecule has 6 nitrogen and oxygen atoms in total. The van der Waals surface area contributed by atoms with E-state index in [2.05, 4.69) is 49.8 Å². The Balaban J connectivity index is 1.17. The van der Waals surface area contributed by atoms with Crippen molar-refractivity contribution in [3.05, 3.63) is 90.0 Å². The lowest BCUT2D eigenvalue weighted by Gasteiger charge is -2.34. The van der Waals surface area contributed by atoms with Gasteiger partial charge in [-0.05, 0) is 36.1 Å². The molecule has 1 amide bonds. The molecule has 0 aliphatic carbocycles. The number of benzene rings is 2. The van der Waals surface area contributed by atoms with Crippen LogP contribution in [0.2, 0.25) is 0 Å². The molecule has 2 aromatic carbocycles. The zero-order valence-electron chi connectivity index (χ0n) is 18.4. The van der Waals surface area contributed by atoms with Crippen molar-refractivity contribution in [3.8, 4) is 0 Å². The van der Waals surface area contributed by atoms with Gasteiger partial charge in [0.2, 0.25) is 5.91 Å². The highest BCUT2D eigenvalue weighted by atomic mass is 16.1. The normalized spacial score (nSPS) is 14.3. The number of anilines is 1. The summed E-state index contributed by atoms with van der Waals surface area (Å²) < 4.78 is 0. The molecule has 166 valence electrons. The summed E-state index contributed by atoms with van der Waals surface area (Å²) in [5.74, 6) is 0.0509. The van der Waals surface area contributed by atoms with E-state index in [-0.39, 0.29) is 5.91 Å². The number of carbonyl (C=O) groups is 1. The van der Waals surface area contributed by atoms with Gasteiger partial charge in [-0.15, -0.1) is 0 Å². The lowest BCUT2D eigenvalue weighted by molar-refractivity contribution is -0.120. The third-order valence-electron chi connectivity index (χ3n) is 5.92. The zero-order valence-corrected chi connectivity index (χ0v) is 18.4. The number of nitrogens with zero attached hydrogens (tertiary/aromatic N) is 3. The highest BCUT2D eigenvalue weighted by molar-refractivity contribution is 5.78. The number of carbonyl (C=O) groups excluding carboxylic acids is 1. The standard InChI is InChI=1S/C26H31N5O/c32-26(30-19-22-4-2-1-3-5-22)18-21-6-8-25(9-7-21)31-16-11-23(12-17-31)28-13-10-24-20-27-14-15-29-24/h1-9,14-15,20,23,28H,10-13,16-19H2,(H,30,32). The Morgan fingerprint density at radius 3 is 2.47 bits per heavy atom. The molecule has 2 N–H and O–H groups in total. The highest BCUT2D eigenvalue weighted by Gasteiger charge is 2.19. The van der Waals surface area contributed by atoms with Crippen LogP contribution < -0.4 is 15.5 Å². The fourth-order valence-corrected chi connectivity index (χ4v) is 4.07. The van der Waals surface area contributed by atoms with Crippen LogP contribution in [0.25, 0.3) is 0 Å². The van der Waals surface area contributed by atoms with E-state index in [1.54, 1.807) is 12.4 Å². The summed E-state index contributed by atoms with van der Waals surface area (Å²) in [6, 6.07) is 19.0. The van der Waals surface area contributed by atoms with Crippen molar-refractivity contribution in [2.45, 2.75) is 38.3 Å². The number of hydrogen-bond acceptors (Lipinski definition) is 5. The first-order chi connectivity index (χ1) is 15.8. The maximum atomic E-state index is 12.2. The smallest absolute Gasteiger partial charge is 0.224 e. The van der Waals surface area contributed by atoms with Gasteiger partial charge in [0.25, 0.3) is 0 Å². The minimum absolute atomic E-state index is 0.0509. The maximum Gasteiger partial charge on any atom is 0.224 e. The molecule has 2 heterocycles. The predicted molar refractivity (Wildman–Crippen MR) is 127 cm³/mol. The van der Waals surface area contributed by atoms with Crippen LogP contribution in [0.1, 0.15) is 29.7 Å². The van der Waals surface area contributed by atoms with Crippen LogP contribution >= 0.6 is 0 Å². The van der Waals surface area contributed by atoms with Gasteiger partial charge in [-0.1, -0.05) is 42.5 Å². The maximum absolute atomic E-state index is 12.2. The SMILES string of the molecule is O=C(Cc1ccc(N2CCC(NCCc3cnccn3)CC2)cc1)NCc1ccccc1. The van der Waals surface area contributed by atoms with E-state index in [0.29, 0.717) is 19.0 Å². The number of aromatic nitrogens is 2. The molecular weight excluding hydrogens is 398 g/mol. The first kappa shape index (κ1) is 22.0. The van der Waals surface area contributed by atoms with E-state index in [1.165, 1.54) is 5.69 Å². The summed E-state index contributed by atoms with van der Waals surface area (Å²) in [4.78, 5) is 23.1. The Kier molecular flexibility index (Phi) is 7.82. The molecule has 1 aliphatic heterocycles. The summed E-state index contributed by atoms with van der Waals surface area (Å²) in [6.07, 6.45) is 8.87. The van der Waals surface area contributed by atoms with E-state index < -0.39 is 0 Å². The van der Waals surface area contributed by atoms with E-state index >= 15 is 0 Å². The summed E-state index contributed by atoms with van der Waals surface area (Å²) in [6.45, 7) is 3.59. The largest absolute Gasteiger partial charge is 0.371 e. The van der Waals surface area contributed by atoms with E-state index in [9.17, 15) is 4.79 Å². The monoisotopic (exact) mass is 429 g/mol. The van der Waals surface area contributed by atoms with Crippen molar-refractivity contribution >= 4 is 11.6 Å². The third-order valence-corrected chi connectivity index (χ3v) is 5.92. The van der Waals surface area contributed by atoms with Crippen molar-refractivity contribution in [1.82, 2.24) is 20.6 Å². The average Bonchev–Trinajstić information content (AvgIpc) is 2.85. The summed E-state index contributed by atoms with van der Waals surface area (Å²) in [7, 11) is 0. The Labute approximate surface area is 190 Å². The van der Waals surface area contributed by atoms with Gasteiger partial charge in [0, 0.05) is 62.9 Å². The molecule has 32 heavy (non-hydrogen) atoms. The highest BCUT2D eigenvalue weighted by Crippen LogP contribution is 2.21. The molecule has 0 saturated carbocycles. The van der Waals surface area contributed by atoms with Gasteiger partial charge < -0.3 is 15.5 Å². The van der Waals surface area contributed by atoms with E-state index in [4.69, 9.17) is 0 Å². The molecule has 3 aromatic rings. The minimum atomic E-state index is 0.0509. The number of nitrogens with one attached hydrogen (secondary N) is 2. The lowest BCUT2D eigenvalue weighted by atomic mass is 10.0. The van der Waals surface area contributed by atoms with Crippen molar-refractivity contribution in [2.75, 3.05) is 24.5 Å². The third kappa shape index (κ3) is 6.62. The van der Waals surface area contributed by atoms with Gasteiger partial charge in [-0.3, -0.25) is 14.8 Å². The molecule has 1 aromatic heterocycles. The van der Waals surface area contributed by atoms with Gasteiger partial charge in [0.15, 0.2) is 0 Å². The topological polar surface area (TPSA) is 70.2 Å². The Bertz CT molecular complexity index is 955. The lowest BCUT2D eigenvalue weighted by Crippen LogP contribution is -2.43. The van der Waals surface area contributed by atoms with E-state index in [1.807, 2.05) is 36.5 Å². The fraction of sp³-hybridized carbons (Fsp3) is 0.346. The van der Waals surface area contributed by atoms with Crippen molar-refractivity contribution in [2.24, 2.45) is 0 Å². The number of hydrogen-bond donors (Lipinski definition) is 2. The summed E-state index contributed by atoms with van der Waals surface area (Å²) in [5.41, 5.74) is 4.42. The molecule has 1 fully saturated rings. The van der Waals surface area contributed by atoms with Crippen LogP contribution in [-0.2, 0) is 24.2 Å². The predicted octanol–water partition coefficient (Wildman–Crippen LogP) is 3.14. The minimum Gasteiger partial charge on any atom is -0.371 e. The van der Waals surface area contributed by atoms with Crippen LogP contribution in [0.3, 0.4) is 0 Å². The molecule has 1 aliphatic rings. The number of piperidine rings is 1.